The molecule has 0 spiro atoms. The summed E-state index contributed by atoms with van der Waals surface area (Å²) in [4.78, 5) is 0. The number of hydrogen-bond acceptors (Lipinski definition) is 7. The second-order valence-corrected chi connectivity index (χ2v) is 6.63. The van der Waals surface area contributed by atoms with Gasteiger partial charge in [0, 0.05) is 5.75 Å². The number of aromatic hydroxyl groups is 1. The van der Waals surface area contributed by atoms with E-state index in [9.17, 15) is 5.11 Å². The van der Waals surface area contributed by atoms with Crippen molar-refractivity contribution in [3.05, 3.63) is 47.0 Å². The SMILES string of the molecule is Oc1ccc(-n2nnnc2SCc2cc(Cl)c3c(c2)OCCO3)cc1. The molecular formula is C16H13ClN4O3S. The highest BCUT2D eigenvalue weighted by atomic mass is 35.5. The molecule has 1 aliphatic rings. The quantitative estimate of drug-likeness (QED) is 0.700. The van der Waals surface area contributed by atoms with Crippen molar-refractivity contribution in [1.29, 1.82) is 0 Å². The van der Waals surface area contributed by atoms with Crippen LogP contribution in [-0.2, 0) is 5.75 Å². The second-order valence-electron chi connectivity index (χ2n) is 5.28. The lowest BCUT2D eigenvalue weighted by atomic mass is 10.2. The number of phenolic OH excluding ortho intramolecular Hbond substituents is 1. The number of hydrogen-bond donors (Lipinski definition) is 1. The minimum Gasteiger partial charge on any atom is -0.508 e. The van der Waals surface area contributed by atoms with Gasteiger partial charge in [-0.25, -0.2) is 0 Å². The third-order valence-electron chi connectivity index (χ3n) is 3.56. The number of phenols is 1. The van der Waals surface area contributed by atoms with E-state index in [0.29, 0.717) is 40.6 Å². The molecule has 0 fully saturated rings. The molecular weight excluding hydrogens is 364 g/mol. The van der Waals surface area contributed by atoms with Crippen LogP contribution in [0.4, 0.5) is 0 Å². The Hall–Kier alpha value is -2.45. The Kier molecular flexibility index (Phi) is 4.37. The molecule has 0 saturated heterocycles. The van der Waals surface area contributed by atoms with Gasteiger partial charge in [0.1, 0.15) is 19.0 Å². The first-order chi connectivity index (χ1) is 12.2. The van der Waals surface area contributed by atoms with E-state index in [1.54, 1.807) is 28.9 Å². The zero-order valence-electron chi connectivity index (χ0n) is 12.9. The van der Waals surface area contributed by atoms with E-state index >= 15 is 0 Å². The van der Waals surface area contributed by atoms with Gasteiger partial charge in [0.2, 0.25) is 5.16 Å². The first-order valence-electron chi connectivity index (χ1n) is 7.49. The molecule has 25 heavy (non-hydrogen) atoms. The highest BCUT2D eigenvalue weighted by Gasteiger charge is 2.17. The predicted octanol–water partition coefficient (Wildman–Crippen LogP) is 3.08. The molecule has 0 bridgehead atoms. The van der Waals surface area contributed by atoms with Gasteiger partial charge in [-0.3, -0.25) is 0 Å². The van der Waals surface area contributed by atoms with E-state index in [1.165, 1.54) is 11.8 Å². The number of benzene rings is 2. The van der Waals surface area contributed by atoms with Gasteiger partial charge in [-0.05, 0) is 52.4 Å². The average molecular weight is 377 g/mol. The molecule has 0 saturated carbocycles. The van der Waals surface area contributed by atoms with Gasteiger partial charge in [0.15, 0.2) is 11.5 Å². The zero-order chi connectivity index (χ0) is 17.2. The molecule has 1 aromatic heterocycles. The van der Waals surface area contributed by atoms with Gasteiger partial charge in [0.25, 0.3) is 0 Å². The fourth-order valence-electron chi connectivity index (χ4n) is 2.42. The lowest BCUT2D eigenvalue weighted by Crippen LogP contribution is -2.15. The third kappa shape index (κ3) is 3.35. The summed E-state index contributed by atoms with van der Waals surface area (Å²) in [6.07, 6.45) is 0. The summed E-state index contributed by atoms with van der Waals surface area (Å²) < 4.78 is 12.7. The smallest absolute Gasteiger partial charge is 0.214 e. The standard InChI is InChI=1S/C16H13ClN4O3S/c17-13-7-10(8-14-15(13)24-6-5-23-14)9-25-16-18-19-20-21(16)11-1-3-12(22)4-2-11/h1-4,7-8,22H,5-6,9H2. The summed E-state index contributed by atoms with van der Waals surface area (Å²) in [6, 6.07) is 10.4. The highest BCUT2D eigenvalue weighted by molar-refractivity contribution is 7.98. The summed E-state index contributed by atoms with van der Waals surface area (Å²) in [5.41, 5.74) is 1.75. The summed E-state index contributed by atoms with van der Waals surface area (Å²) in [7, 11) is 0. The number of rotatable bonds is 4. The van der Waals surface area contributed by atoms with Gasteiger partial charge >= 0.3 is 0 Å². The van der Waals surface area contributed by atoms with Crippen molar-refractivity contribution in [1.82, 2.24) is 20.2 Å². The van der Waals surface area contributed by atoms with Crippen molar-refractivity contribution in [2.75, 3.05) is 13.2 Å². The van der Waals surface area contributed by atoms with Crippen molar-refractivity contribution < 1.29 is 14.6 Å². The Morgan fingerprint density at radius 1 is 1.16 bits per heavy atom. The Balaban J connectivity index is 1.54. The first kappa shape index (κ1) is 16.0. The fraction of sp³-hybridized carbons (Fsp3) is 0.188. The molecule has 2 heterocycles. The topological polar surface area (TPSA) is 82.3 Å². The van der Waals surface area contributed by atoms with Crippen LogP contribution in [-0.4, -0.2) is 38.5 Å². The molecule has 3 aromatic rings. The maximum atomic E-state index is 9.40. The van der Waals surface area contributed by atoms with Crippen LogP contribution in [0.1, 0.15) is 5.56 Å². The largest absolute Gasteiger partial charge is 0.508 e. The maximum absolute atomic E-state index is 9.40. The van der Waals surface area contributed by atoms with E-state index in [-0.39, 0.29) is 5.75 Å². The normalized spacial score (nSPS) is 13.0. The van der Waals surface area contributed by atoms with E-state index in [0.717, 1.165) is 11.3 Å². The lowest BCUT2D eigenvalue weighted by Gasteiger charge is -2.20. The zero-order valence-corrected chi connectivity index (χ0v) is 14.5. The third-order valence-corrected chi connectivity index (χ3v) is 4.83. The van der Waals surface area contributed by atoms with Crippen molar-refractivity contribution in [2.24, 2.45) is 0 Å². The van der Waals surface area contributed by atoms with Gasteiger partial charge in [-0.2, -0.15) is 4.68 Å². The van der Waals surface area contributed by atoms with E-state index in [2.05, 4.69) is 15.5 Å². The second kappa shape index (κ2) is 6.81. The van der Waals surface area contributed by atoms with Crippen LogP contribution < -0.4 is 9.47 Å². The van der Waals surface area contributed by atoms with Crippen LogP contribution >= 0.6 is 23.4 Å². The monoisotopic (exact) mass is 376 g/mol. The molecule has 0 atom stereocenters. The molecule has 0 aliphatic carbocycles. The van der Waals surface area contributed by atoms with Crippen LogP contribution in [0.2, 0.25) is 5.02 Å². The van der Waals surface area contributed by atoms with Crippen LogP contribution in [0.25, 0.3) is 5.69 Å². The molecule has 4 rings (SSSR count). The van der Waals surface area contributed by atoms with Crippen LogP contribution in [0.5, 0.6) is 17.2 Å². The number of nitrogens with zero attached hydrogens (tertiary/aromatic N) is 4. The Morgan fingerprint density at radius 3 is 2.80 bits per heavy atom. The number of aromatic nitrogens is 4. The van der Waals surface area contributed by atoms with Gasteiger partial charge in [-0.1, -0.05) is 23.4 Å². The number of thioether (sulfide) groups is 1. The summed E-state index contributed by atoms with van der Waals surface area (Å²) in [5.74, 6) is 2.06. The molecule has 9 heteroatoms. The van der Waals surface area contributed by atoms with Crippen LogP contribution in [0.3, 0.4) is 0 Å². The van der Waals surface area contributed by atoms with Crippen molar-refractivity contribution in [3.63, 3.8) is 0 Å². The Morgan fingerprint density at radius 2 is 1.96 bits per heavy atom. The molecule has 1 aliphatic heterocycles. The Labute approximate surface area is 152 Å². The number of fused-ring (bicyclic) bond motifs is 1. The number of ether oxygens (including phenoxy) is 2. The van der Waals surface area contributed by atoms with Gasteiger partial charge in [0.05, 0.1) is 10.7 Å². The fourth-order valence-corrected chi connectivity index (χ4v) is 3.53. The van der Waals surface area contributed by atoms with Crippen LogP contribution in [0.15, 0.2) is 41.6 Å². The minimum atomic E-state index is 0.192. The van der Waals surface area contributed by atoms with Gasteiger partial charge in [-0.15, -0.1) is 5.10 Å². The maximum Gasteiger partial charge on any atom is 0.214 e. The van der Waals surface area contributed by atoms with Crippen molar-refractivity contribution in [3.8, 4) is 22.9 Å². The average Bonchev–Trinajstić information content (AvgIpc) is 3.09. The highest BCUT2D eigenvalue weighted by Crippen LogP contribution is 2.39. The molecule has 7 nitrogen and oxygen atoms in total. The molecule has 2 aromatic carbocycles. The van der Waals surface area contributed by atoms with Crippen molar-refractivity contribution >= 4 is 23.4 Å². The number of tetrazole rings is 1. The molecule has 0 radical (unpaired) electrons. The van der Waals surface area contributed by atoms with Crippen LogP contribution in [0, 0.1) is 0 Å². The minimum absolute atomic E-state index is 0.192. The molecule has 0 unspecified atom stereocenters. The number of halogens is 1. The molecule has 0 amide bonds. The van der Waals surface area contributed by atoms with Gasteiger partial charge < -0.3 is 14.6 Å². The lowest BCUT2D eigenvalue weighted by molar-refractivity contribution is 0.171. The molecule has 1 N–H and O–H groups in total. The van der Waals surface area contributed by atoms with E-state index in [4.69, 9.17) is 21.1 Å². The molecule has 128 valence electrons. The van der Waals surface area contributed by atoms with E-state index in [1.807, 2.05) is 12.1 Å². The Bertz CT molecular complexity index is 901. The summed E-state index contributed by atoms with van der Waals surface area (Å²) in [5, 5.41) is 22.3. The summed E-state index contributed by atoms with van der Waals surface area (Å²) in [6.45, 7) is 1.02. The van der Waals surface area contributed by atoms with Crippen molar-refractivity contribution in [2.45, 2.75) is 10.9 Å². The summed E-state index contributed by atoms with van der Waals surface area (Å²) >= 11 is 7.74. The predicted molar refractivity (Wildman–Crippen MR) is 92.8 cm³/mol. The van der Waals surface area contributed by atoms with E-state index < -0.39 is 0 Å². The first-order valence-corrected chi connectivity index (χ1v) is 8.85.